The third kappa shape index (κ3) is 3.42. The summed E-state index contributed by atoms with van der Waals surface area (Å²) in [4.78, 5) is 0. The van der Waals surface area contributed by atoms with Crippen LogP contribution in [0.25, 0.3) is 0 Å². The predicted molar refractivity (Wildman–Crippen MR) is 58.7 cm³/mol. The van der Waals surface area contributed by atoms with Gasteiger partial charge in [0.1, 0.15) is 5.67 Å². The standard InChI is InChI=1S/C12H22FNO/c1-12(13)6-4-10(5-7-12)14-11-3-2-8-15-9-11/h10-11,14H,2-9H2,1H3. The SMILES string of the molecule is CC1(F)CCC(NC2CCCOC2)CC1. The number of hydrogen-bond acceptors (Lipinski definition) is 2. The molecular weight excluding hydrogens is 193 g/mol. The van der Waals surface area contributed by atoms with Gasteiger partial charge in [-0.25, -0.2) is 4.39 Å². The zero-order valence-electron chi connectivity index (χ0n) is 9.60. The second-order valence-electron chi connectivity index (χ2n) is 5.27. The molecule has 2 nitrogen and oxygen atoms in total. The zero-order valence-corrected chi connectivity index (χ0v) is 9.60. The van der Waals surface area contributed by atoms with Crippen LogP contribution >= 0.6 is 0 Å². The maximum Gasteiger partial charge on any atom is 0.108 e. The molecule has 1 aliphatic carbocycles. The third-order valence-electron chi connectivity index (χ3n) is 3.66. The van der Waals surface area contributed by atoms with Gasteiger partial charge in [0.2, 0.25) is 0 Å². The van der Waals surface area contributed by atoms with Crippen LogP contribution in [0.15, 0.2) is 0 Å². The molecule has 0 bridgehead atoms. The van der Waals surface area contributed by atoms with Crippen molar-refractivity contribution in [2.24, 2.45) is 0 Å². The van der Waals surface area contributed by atoms with Crippen LogP contribution in [0.4, 0.5) is 4.39 Å². The fourth-order valence-electron chi connectivity index (χ4n) is 2.59. The lowest BCUT2D eigenvalue weighted by atomic mass is 9.84. The topological polar surface area (TPSA) is 21.3 Å². The van der Waals surface area contributed by atoms with E-state index in [2.05, 4.69) is 5.32 Å². The molecule has 1 heterocycles. The summed E-state index contributed by atoms with van der Waals surface area (Å²) >= 11 is 0. The molecule has 2 fully saturated rings. The Hall–Kier alpha value is -0.150. The van der Waals surface area contributed by atoms with Gasteiger partial charge in [0.25, 0.3) is 0 Å². The Morgan fingerprint density at radius 2 is 1.93 bits per heavy atom. The first-order valence-electron chi connectivity index (χ1n) is 6.18. The smallest absolute Gasteiger partial charge is 0.108 e. The molecule has 0 aromatic rings. The van der Waals surface area contributed by atoms with E-state index in [1.165, 1.54) is 6.42 Å². The van der Waals surface area contributed by atoms with Crippen molar-refractivity contribution in [3.8, 4) is 0 Å². The Morgan fingerprint density at radius 1 is 1.20 bits per heavy atom. The van der Waals surface area contributed by atoms with Crippen LogP contribution in [-0.2, 0) is 4.74 Å². The molecule has 88 valence electrons. The van der Waals surface area contributed by atoms with E-state index in [0.29, 0.717) is 24.9 Å². The van der Waals surface area contributed by atoms with E-state index in [9.17, 15) is 4.39 Å². The molecular formula is C12H22FNO. The highest BCUT2D eigenvalue weighted by Gasteiger charge is 2.31. The molecule has 0 aromatic heterocycles. The van der Waals surface area contributed by atoms with Crippen molar-refractivity contribution in [3.63, 3.8) is 0 Å². The Balaban J connectivity index is 1.71. The molecule has 0 radical (unpaired) electrons. The number of hydrogen-bond donors (Lipinski definition) is 1. The molecule has 1 saturated heterocycles. The van der Waals surface area contributed by atoms with Gasteiger partial charge in [-0.1, -0.05) is 0 Å². The van der Waals surface area contributed by atoms with Crippen molar-refractivity contribution in [1.82, 2.24) is 5.32 Å². The fourth-order valence-corrected chi connectivity index (χ4v) is 2.59. The Morgan fingerprint density at radius 3 is 2.53 bits per heavy atom. The molecule has 3 heteroatoms. The quantitative estimate of drug-likeness (QED) is 0.764. The van der Waals surface area contributed by atoms with Gasteiger partial charge in [-0.3, -0.25) is 0 Å². The van der Waals surface area contributed by atoms with Crippen molar-refractivity contribution in [1.29, 1.82) is 0 Å². The van der Waals surface area contributed by atoms with Crippen LogP contribution in [0.3, 0.4) is 0 Å². The number of nitrogens with one attached hydrogen (secondary N) is 1. The van der Waals surface area contributed by atoms with E-state index in [1.807, 2.05) is 0 Å². The van der Waals surface area contributed by atoms with Gasteiger partial charge in [0.05, 0.1) is 6.61 Å². The average molecular weight is 215 g/mol. The first-order valence-corrected chi connectivity index (χ1v) is 6.18. The van der Waals surface area contributed by atoms with Gasteiger partial charge >= 0.3 is 0 Å². The molecule has 1 saturated carbocycles. The van der Waals surface area contributed by atoms with Crippen LogP contribution < -0.4 is 5.32 Å². The molecule has 0 aromatic carbocycles. The van der Waals surface area contributed by atoms with Crippen molar-refractivity contribution in [2.75, 3.05) is 13.2 Å². The second-order valence-corrected chi connectivity index (χ2v) is 5.27. The van der Waals surface area contributed by atoms with Gasteiger partial charge in [-0.05, 0) is 45.4 Å². The summed E-state index contributed by atoms with van der Waals surface area (Å²) in [5.41, 5.74) is -0.915. The van der Waals surface area contributed by atoms with Gasteiger partial charge < -0.3 is 10.1 Å². The summed E-state index contributed by atoms with van der Waals surface area (Å²) in [6.45, 7) is 3.47. The van der Waals surface area contributed by atoms with Crippen molar-refractivity contribution in [2.45, 2.75) is 63.2 Å². The molecule has 0 spiro atoms. The van der Waals surface area contributed by atoms with Crippen LogP contribution in [0.1, 0.15) is 45.4 Å². The van der Waals surface area contributed by atoms with E-state index >= 15 is 0 Å². The van der Waals surface area contributed by atoms with E-state index < -0.39 is 5.67 Å². The van der Waals surface area contributed by atoms with Gasteiger partial charge in [-0.2, -0.15) is 0 Å². The van der Waals surface area contributed by atoms with Crippen LogP contribution in [0.2, 0.25) is 0 Å². The highest BCUT2D eigenvalue weighted by Crippen LogP contribution is 2.31. The number of rotatable bonds is 2. The second kappa shape index (κ2) is 4.79. The molecule has 1 unspecified atom stereocenters. The summed E-state index contributed by atoms with van der Waals surface area (Å²) in [5, 5.41) is 3.60. The van der Waals surface area contributed by atoms with Crippen LogP contribution in [-0.4, -0.2) is 31.0 Å². The minimum Gasteiger partial charge on any atom is -0.380 e. The Bertz CT molecular complexity index is 192. The number of alkyl halides is 1. The summed E-state index contributed by atoms with van der Waals surface area (Å²) in [5.74, 6) is 0. The van der Waals surface area contributed by atoms with E-state index in [0.717, 1.165) is 32.5 Å². The molecule has 1 aliphatic heterocycles. The largest absolute Gasteiger partial charge is 0.380 e. The number of ether oxygens (including phenoxy) is 1. The van der Waals surface area contributed by atoms with Crippen molar-refractivity contribution in [3.05, 3.63) is 0 Å². The molecule has 0 amide bonds. The van der Waals surface area contributed by atoms with Crippen LogP contribution in [0, 0.1) is 0 Å². The average Bonchev–Trinajstić information content (AvgIpc) is 2.23. The summed E-state index contributed by atoms with van der Waals surface area (Å²) in [7, 11) is 0. The van der Waals surface area contributed by atoms with Gasteiger partial charge in [-0.15, -0.1) is 0 Å². The predicted octanol–water partition coefficient (Wildman–Crippen LogP) is 2.43. The normalized spacial score (nSPS) is 42.8. The maximum atomic E-state index is 13.6. The van der Waals surface area contributed by atoms with E-state index in [1.54, 1.807) is 6.92 Å². The lowest BCUT2D eigenvalue weighted by molar-refractivity contribution is 0.0556. The Kier molecular flexibility index (Phi) is 3.62. The van der Waals surface area contributed by atoms with Gasteiger partial charge in [0, 0.05) is 18.7 Å². The van der Waals surface area contributed by atoms with Crippen molar-refractivity contribution >= 4 is 0 Å². The van der Waals surface area contributed by atoms with E-state index in [-0.39, 0.29) is 0 Å². The number of halogens is 1. The molecule has 15 heavy (non-hydrogen) atoms. The fraction of sp³-hybridized carbons (Fsp3) is 1.00. The molecule has 2 rings (SSSR count). The summed E-state index contributed by atoms with van der Waals surface area (Å²) < 4.78 is 19.0. The third-order valence-corrected chi connectivity index (χ3v) is 3.66. The highest BCUT2D eigenvalue weighted by molar-refractivity contribution is 4.87. The monoisotopic (exact) mass is 215 g/mol. The summed E-state index contributed by atoms with van der Waals surface area (Å²) in [6.07, 6.45) is 5.73. The first-order chi connectivity index (χ1) is 7.16. The summed E-state index contributed by atoms with van der Waals surface area (Å²) in [6, 6.07) is 1.02. The maximum absolute atomic E-state index is 13.6. The van der Waals surface area contributed by atoms with Crippen molar-refractivity contribution < 1.29 is 9.13 Å². The molecule has 1 N–H and O–H groups in total. The lowest BCUT2D eigenvalue weighted by Gasteiger charge is -2.35. The lowest BCUT2D eigenvalue weighted by Crippen LogP contribution is -2.46. The zero-order chi connectivity index (χ0) is 10.7. The minimum atomic E-state index is -0.915. The minimum absolute atomic E-state index is 0.507. The van der Waals surface area contributed by atoms with Gasteiger partial charge in [0.15, 0.2) is 0 Å². The highest BCUT2D eigenvalue weighted by atomic mass is 19.1. The molecule has 1 atom stereocenters. The Labute approximate surface area is 91.6 Å². The molecule has 2 aliphatic rings. The van der Waals surface area contributed by atoms with Crippen LogP contribution in [0.5, 0.6) is 0 Å². The first kappa shape index (κ1) is 11.3. The van der Waals surface area contributed by atoms with E-state index in [4.69, 9.17) is 4.74 Å².